The molecule has 136 valence electrons. The lowest BCUT2D eigenvalue weighted by Crippen LogP contribution is -2.51. The molecular formula is C17H23BrN4O3. The fraction of sp³-hybridized carbons (Fsp3) is 0.765. The molecule has 4 bridgehead atoms. The summed E-state index contributed by atoms with van der Waals surface area (Å²) in [5, 5.41) is 18.0. The van der Waals surface area contributed by atoms with Crippen molar-refractivity contribution in [3.8, 4) is 0 Å². The van der Waals surface area contributed by atoms with Gasteiger partial charge in [0.15, 0.2) is 0 Å². The van der Waals surface area contributed by atoms with E-state index in [0.717, 1.165) is 24.3 Å². The maximum atomic E-state index is 12.4. The summed E-state index contributed by atoms with van der Waals surface area (Å²) in [6, 6.07) is 0. The molecule has 1 aromatic rings. The highest BCUT2D eigenvalue weighted by molar-refractivity contribution is 9.10. The first-order chi connectivity index (χ1) is 11.8. The van der Waals surface area contributed by atoms with Gasteiger partial charge in [-0.3, -0.25) is 4.79 Å². The molecule has 4 aliphatic rings. The maximum Gasteiger partial charge on any atom is 0.404 e. The Labute approximate surface area is 154 Å². The zero-order valence-corrected chi connectivity index (χ0v) is 15.9. The number of aromatic nitrogens is 2. The van der Waals surface area contributed by atoms with Crippen LogP contribution >= 0.6 is 15.9 Å². The van der Waals surface area contributed by atoms with E-state index in [1.54, 1.807) is 6.92 Å². The normalized spacial score (nSPS) is 32.8. The first-order valence-corrected chi connectivity index (χ1v) is 9.78. The van der Waals surface area contributed by atoms with Crippen LogP contribution in [0.25, 0.3) is 0 Å². The number of halogens is 1. The second-order valence-electron chi connectivity index (χ2n) is 8.33. The van der Waals surface area contributed by atoms with Gasteiger partial charge in [-0.25, -0.2) is 0 Å². The van der Waals surface area contributed by atoms with E-state index in [1.165, 1.54) is 43.2 Å². The van der Waals surface area contributed by atoms with E-state index in [2.05, 4.69) is 26.3 Å². The van der Waals surface area contributed by atoms with Gasteiger partial charge in [-0.05, 0) is 89.5 Å². The zero-order chi connectivity index (χ0) is 17.8. The molecular weight excluding hydrogens is 388 g/mol. The summed E-state index contributed by atoms with van der Waals surface area (Å²) in [6.45, 7) is 2.47. The van der Waals surface area contributed by atoms with Crippen LogP contribution in [-0.2, 0) is 11.3 Å². The van der Waals surface area contributed by atoms with Crippen molar-refractivity contribution in [2.45, 2.75) is 52.0 Å². The molecule has 4 fully saturated rings. The summed E-state index contributed by atoms with van der Waals surface area (Å²) in [5.41, 5.74) is 0.882. The fourth-order valence-corrected chi connectivity index (χ4v) is 6.19. The van der Waals surface area contributed by atoms with Crippen molar-refractivity contribution < 1.29 is 9.72 Å². The lowest BCUT2D eigenvalue weighted by molar-refractivity contribution is -0.390. The molecule has 0 aliphatic heterocycles. The largest absolute Gasteiger partial charge is 0.404 e. The monoisotopic (exact) mass is 410 g/mol. The summed E-state index contributed by atoms with van der Waals surface area (Å²) in [7, 11) is 0. The second kappa shape index (κ2) is 6.07. The van der Waals surface area contributed by atoms with Crippen LogP contribution in [0.1, 0.15) is 44.2 Å². The Balaban J connectivity index is 1.39. The third-order valence-corrected chi connectivity index (χ3v) is 7.34. The molecule has 0 unspecified atom stereocenters. The molecule has 8 heteroatoms. The van der Waals surface area contributed by atoms with Gasteiger partial charge in [0.05, 0.1) is 10.8 Å². The highest BCUT2D eigenvalue weighted by Crippen LogP contribution is 2.59. The van der Waals surface area contributed by atoms with Crippen LogP contribution in [0, 0.1) is 40.2 Å². The van der Waals surface area contributed by atoms with E-state index in [1.807, 2.05) is 0 Å². The van der Waals surface area contributed by atoms with Crippen molar-refractivity contribution in [3.63, 3.8) is 0 Å². The van der Waals surface area contributed by atoms with Gasteiger partial charge in [0.2, 0.25) is 5.91 Å². The zero-order valence-electron chi connectivity index (χ0n) is 14.3. The first-order valence-electron chi connectivity index (χ1n) is 8.99. The van der Waals surface area contributed by atoms with Crippen molar-refractivity contribution in [2.24, 2.45) is 23.2 Å². The molecule has 1 aromatic heterocycles. The molecule has 0 aromatic carbocycles. The molecule has 1 N–H and O–H groups in total. The van der Waals surface area contributed by atoms with Crippen LogP contribution in [0.3, 0.4) is 0 Å². The van der Waals surface area contributed by atoms with Crippen molar-refractivity contribution in [2.75, 3.05) is 6.54 Å². The Morgan fingerprint density at radius 3 is 2.36 bits per heavy atom. The average molecular weight is 411 g/mol. The minimum Gasteiger partial charge on any atom is -0.358 e. The van der Waals surface area contributed by atoms with Crippen LogP contribution < -0.4 is 5.32 Å². The summed E-state index contributed by atoms with van der Waals surface area (Å²) < 4.78 is 1.74. The van der Waals surface area contributed by atoms with Crippen LogP contribution in [-0.4, -0.2) is 27.2 Å². The molecule has 25 heavy (non-hydrogen) atoms. The third kappa shape index (κ3) is 3.09. The number of carbonyl (C=O) groups is 1. The number of nitrogens with one attached hydrogen (secondary N) is 1. The summed E-state index contributed by atoms with van der Waals surface area (Å²) >= 11 is 3.18. The highest BCUT2D eigenvalue weighted by Gasteiger charge is 2.50. The Morgan fingerprint density at radius 1 is 1.32 bits per heavy atom. The summed E-state index contributed by atoms with van der Waals surface area (Å²) in [4.78, 5) is 22.8. The van der Waals surface area contributed by atoms with Crippen molar-refractivity contribution >= 4 is 27.7 Å². The molecule has 0 spiro atoms. The van der Waals surface area contributed by atoms with Gasteiger partial charge in [-0.2, -0.15) is 4.68 Å². The minimum absolute atomic E-state index is 0.0185. The van der Waals surface area contributed by atoms with E-state index in [9.17, 15) is 14.9 Å². The Morgan fingerprint density at radius 2 is 1.88 bits per heavy atom. The molecule has 0 radical (unpaired) electrons. The fourth-order valence-electron chi connectivity index (χ4n) is 5.76. The van der Waals surface area contributed by atoms with Crippen LogP contribution in [0.15, 0.2) is 4.47 Å². The van der Waals surface area contributed by atoms with Crippen LogP contribution in [0.4, 0.5) is 5.82 Å². The second-order valence-corrected chi connectivity index (χ2v) is 9.13. The number of carbonyl (C=O) groups excluding carboxylic acids is 1. The minimum atomic E-state index is -0.541. The topological polar surface area (TPSA) is 90.1 Å². The molecule has 4 saturated carbocycles. The lowest BCUT2D eigenvalue weighted by atomic mass is 9.49. The number of nitrogens with zero attached hydrogens (tertiary/aromatic N) is 3. The molecule has 0 saturated heterocycles. The van der Waals surface area contributed by atoms with Gasteiger partial charge in [0, 0.05) is 6.54 Å². The standard InChI is InChI=1S/C17H23BrN4O3/c1-10-15(18)16(22(24)25)20-21(10)8-14(23)19-9-17-5-11-2-12(6-17)4-13(3-11)7-17/h11-13H,2-9H2,1H3,(H,19,23). The average Bonchev–Trinajstić information content (AvgIpc) is 2.80. The molecule has 0 atom stereocenters. The summed E-state index contributed by atoms with van der Waals surface area (Å²) in [5.74, 6) is 2.20. The Kier molecular flexibility index (Phi) is 4.13. The van der Waals surface area contributed by atoms with Crippen molar-refractivity contribution in [3.05, 3.63) is 20.3 Å². The number of amides is 1. The van der Waals surface area contributed by atoms with Gasteiger partial charge < -0.3 is 15.4 Å². The predicted molar refractivity (Wildman–Crippen MR) is 94.9 cm³/mol. The van der Waals surface area contributed by atoms with E-state index in [-0.39, 0.29) is 23.7 Å². The van der Waals surface area contributed by atoms with Crippen molar-refractivity contribution in [1.82, 2.24) is 15.1 Å². The third-order valence-electron chi connectivity index (χ3n) is 6.41. The molecule has 1 amide bonds. The van der Waals surface area contributed by atoms with Gasteiger partial charge in [0.25, 0.3) is 0 Å². The maximum absolute atomic E-state index is 12.4. The van der Waals surface area contributed by atoms with E-state index >= 15 is 0 Å². The number of hydrogen-bond donors (Lipinski definition) is 1. The quantitative estimate of drug-likeness (QED) is 0.595. The van der Waals surface area contributed by atoms with Gasteiger partial charge in [-0.1, -0.05) is 0 Å². The van der Waals surface area contributed by atoms with Crippen LogP contribution in [0.2, 0.25) is 0 Å². The number of hydrogen-bond acceptors (Lipinski definition) is 4. The first kappa shape index (κ1) is 17.0. The predicted octanol–water partition coefficient (Wildman–Crippen LogP) is 3.19. The van der Waals surface area contributed by atoms with Gasteiger partial charge in [0.1, 0.15) is 11.0 Å². The van der Waals surface area contributed by atoms with Gasteiger partial charge in [-0.15, -0.1) is 0 Å². The highest BCUT2D eigenvalue weighted by atomic mass is 79.9. The summed E-state index contributed by atoms with van der Waals surface area (Å²) in [6.07, 6.45) is 7.90. The smallest absolute Gasteiger partial charge is 0.358 e. The Hall–Kier alpha value is -1.44. The van der Waals surface area contributed by atoms with E-state index in [0.29, 0.717) is 10.2 Å². The van der Waals surface area contributed by atoms with E-state index in [4.69, 9.17) is 0 Å². The van der Waals surface area contributed by atoms with E-state index < -0.39 is 4.92 Å². The molecule has 4 aliphatic carbocycles. The lowest BCUT2D eigenvalue weighted by Gasteiger charge is -2.56. The van der Waals surface area contributed by atoms with Gasteiger partial charge >= 0.3 is 5.82 Å². The van der Waals surface area contributed by atoms with Crippen LogP contribution in [0.5, 0.6) is 0 Å². The van der Waals surface area contributed by atoms with Crippen molar-refractivity contribution in [1.29, 1.82) is 0 Å². The SMILES string of the molecule is Cc1c(Br)c([N+](=O)[O-])nn1CC(=O)NCC12CC3CC(CC(C3)C1)C2. The molecule has 5 rings (SSSR count). The number of nitro groups is 1. The number of rotatable bonds is 5. The molecule has 1 heterocycles. The molecule has 7 nitrogen and oxygen atoms in total. The Bertz CT molecular complexity index is 694.